The molecule has 0 N–H and O–H groups in total. The third-order valence-corrected chi connectivity index (χ3v) is 14.9. The van der Waals surface area contributed by atoms with E-state index in [1.54, 1.807) is 0 Å². The first kappa shape index (κ1) is 57.4. The van der Waals surface area contributed by atoms with Gasteiger partial charge < -0.3 is 24.8 Å². The summed E-state index contributed by atoms with van der Waals surface area (Å²) in [5.41, 5.74) is 13.2. The predicted octanol–water partition coefficient (Wildman–Crippen LogP) is 11.7. The van der Waals surface area contributed by atoms with E-state index in [9.17, 15) is 0 Å². The van der Waals surface area contributed by atoms with Gasteiger partial charge in [-0.1, -0.05) is 84.6 Å². The van der Waals surface area contributed by atoms with Crippen LogP contribution in [0.25, 0.3) is 43.1 Å². The van der Waals surface area contributed by atoms with Gasteiger partial charge in [-0.05, 0) is 27.7 Å². The Morgan fingerprint density at radius 2 is 0.583 bits per heavy atom. The molecule has 0 bridgehead atoms. The number of allylic oxidation sites excluding steroid dienone is 8. The van der Waals surface area contributed by atoms with E-state index in [4.69, 9.17) is 0 Å². The molecule has 72 heavy (non-hydrogen) atoms. The van der Waals surface area contributed by atoms with E-state index in [-0.39, 0.29) is 24.8 Å². The number of hydrogen-bond donors (Lipinski definition) is 0. The van der Waals surface area contributed by atoms with Crippen LogP contribution in [0.4, 0.5) is 0 Å². The fourth-order valence-electron chi connectivity index (χ4n) is 8.30. The minimum atomic E-state index is 0. The van der Waals surface area contributed by atoms with Gasteiger partial charge in [0.2, 0.25) is 0 Å². The second-order valence-corrected chi connectivity index (χ2v) is 20.3. The van der Waals surface area contributed by atoms with Crippen molar-refractivity contribution in [3.63, 3.8) is 0 Å². The Kier molecular flexibility index (Phi) is 23.4. The first-order chi connectivity index (χ1) is 34.0. The van der Waals surface area contributed by atoms with Crippen molar-refractivity contribution in [2.45, 2.75) is 54.4 Å². The van der Waals surface area contributed by atoms with Gasteiger partial charge in [0.05, 0.1) is 0 Å². The van der Waals surface area contributed by atoms with E-state index < -0.39 is 0 Å². The SMILES string of the molecule is CC1=[C-]CC=C1.CC1=[C-]CC=C1.Cc1ccc2c(c1)[cH-]c1cc(C)ccc12.Cc1ccc2c(c1)[cH-]c1cc(C)ccc12.[Cl-].[Cl-].[Zr+2]=[C](c1ccccc1)c1ccccc1.[Zr+2]=[C](c1ccccc1)c1ccccc1. The second-order valence-electron chi connectivity index (χ2n) is 17.8. The Hall–Kier alpha value is -5.45. The van der Waals surface area contributed by atoms with Gasteiger partial charge in [-0.3, -0.25) is 12.2 Å². The molecule has 0 fully saturated rings. The van der Waals surface area contributed by atoms with Crippen LogP contribution >= 0.6 is 0 Å². The van der Waals surface area contributed by atoms with Crippen LogP contribution < -0.4 is 24.8 Å². The van der Waals surface area contributed by atoms with E-state index in [0.29, 0.717) is 0 Å². The zero-order valence-electron chi connectivity index (χ0n) is 42.1. The second kappa shape index (κ2) is 29.3. The van der Waals surface area contributed by atoms with Crippen molar-refractivity contribution >= 4 is 49.5 Å². The van der Waals surface area contributed by atoms with Gasteiger partial charge >= 0.3 is 198 Å². The van der Waals surface area contributed by atoms with Gasteiger partial charge in [0.1, 0.15) is 0 Å². The molecule has 4 heteroatoms. The fraction of sp³-hybridized carbons (Fsp3) is 0.118. The molecular formula is C68H60Cl2Zr2-2. The van der Waals surface area contributed by atoms with Crippen molar-refractivity contribution < 1.29 is 73.3 Å². The van der Waals surface area contributed by atoms with Crippen molar-refractivity contribution in [2.75, 3.05) is 0 Å². The molecule has 0 unspecified atom stereocenters. The maximum absolute atomic E-state index is 3.12. The normalized spacial score (nSPS) is 11.6. The molecule has 10 aromatic rings. The number of hydrogen-bond acceptors (Lipinski definition) is 0. The quantitative estimate of drug-likeness (QED) is 0.154. The van der Waals surface area contributed by atoms with E-state index in [1.807, 2.05) is 0 Å². The third-order valence-electron chi connectivity index (χ3n) is 12.0. The van der Waals surface area contributed by atoms with E-state index in [1.165, 1.54) is 154 Å². The molecule has 0 amide bonds. The Morgan fingerprint density at radius 1 is 0.347 bits per heavy atom. The van der Waals surface area contributed by atoms with Crippen LogP contribution in [0.15, 0.2) is 242 Å². The number of aryl methyl sites for hydroxylation is 4. The molecule has 0 atom stereocenters. The summed E-state index contributed by atoms with van der Waals surface area (Å²) in [6, 6.07) is 73.4. The first-order valence-corrected chi connectivity index (χ1v) is 26.5. The molecule has 0 aromatic heterocycles. The summed E-state index contributed by atoms with van der Waals surface area (Å²) in [5.74, 6) is 0. The summed E-state index contributed by atoms with van der Waals surface area (Å²) in [6.45, 7) is 12.7. The zero-order valence-corrected chi connectivity index (χ0v) is 48.5. The van der Waals surface area contributed by atoms with Crippen molar-refractivity contribution in [1.29, 1.82) is 0 Å². The summed E-state index contributed by atoms with van der Waals surface area (Å²) < 4.78 is 2.83. The van der Waals surface area contributed by atoms with Gasteiger partial charge in [-0.2, -0.15) is 12.2 Å². The van der Waals surface area contributed by atoms with Gasteiger partial charge in [0, 0.05) is 0 Å². The van der Waals surface area contributed by atoms with Crippen LogP contribution in [0.1, 0.15) is 71.2 Å². The first-order valence-electron chi connectivity index (χ1n) is 24.0. The summed E-state index contributed by atoms with van der Waals surface area (Å²) in [5, 5.41) is 10.9. The number of fused-ring (bicyclic) bond motifs is 6. The van der Waals surface area contributed by atoms with E-state index >= 15 is 0 Å². The van der Waals surface area contributed by atoms with Crippen LogP contribution in [0, 0.1) is 39.8 Å². The summed E-state index contributed by atoms with van der Waals surface area (Å²) in [4.78, 5) is 0. The average molecular weight is 1130 g/mol. The molecule has 0 saturated carbocycles. The van der Waals surface area contributed by atoms with Crippen LogP contribution in [0.5, 0.6) is 0 Å². The Labute approximate surface area is 471 Å². The number of benzene rings is 8. The Balaban J connectivity index is 0.000000164. The van der Waals surface area contributed by atoms with Gasteiger partial charge in [-0.15, -0.1) is 92.3 Å². The molecule has 0 aliphatic heterocycles. The van der Waals surface area contributed by atoms with Crippen molar-refractivity contribution in [3.8, 4) is 0 Å². The predicted molar refractivity (Wildman–Crippen MR) is 298 cm³/mol. The maximum atomic E-state index is 3.12. The molecule has 0 heterocycles. The van der Waals surface area contributed by atoms with Gasteiger partial charge in [0.15, 0.2) is 0 Å². The van der Waals surface area contributed by atoms with Crippen molar-refractivity contribution in [2.24, 2.45) is 0 Å². The number of rotatable bonds is 4. The molecule has 12 rings (SSSR count). The fourth-order valence-corrected chi connectivity index (χ4v) is 9.94. The van der Waals surface area contributed by atoms with Crippen molar-refractivity contribution in [1.82, 2.24) is 0 Å². The van der Waals surface area contributed by atoms with E-state index in [2.05, 4.69) is 284 Å². The third kappa shape index (κ3) is 16.8. The molecule has 0 spiro atoms. The average Bonchev–Trinajstić information content (AvgIpc) is 4.22. The topological polar surface area (TPSA) is 0 Å². The summed E-state index contributed by atoms with van der Waals surface area (Å²) in [6.07, 6.45) is 16.7. The van der Waals surface area contributed by atoms with Crippen LogP contribution in [-0.2, 0) is 48.5 Å². The minimum absolute atomic E-state index is 0. The Bertz CT molecular complexity index is 3010. The molecule has 0 radical (unpaired) electrons. The van der Waals surface area contributed by atoms with Crippen LogP contribution in [-0.4, -0.2) is 6.41 Å². The molecule has 0 saturated heterocycles. The molecule has 10 aromatic carbocycles. The molecule has 2 aliphatic rings. The van der Waals surface area contributed by atoms with Crippen molar-refractivity contribution in [3.05, 3.63) is 298 Å². The van der Waals surface area contributed by atoms with E-state index in [0.717, 1.165) is 12.8 Å². The Morgan fingerprint density at radius 3 is 0.764 bits per heavy atom. The molecule has 2 aliphatic carbocycles. The van der Waals surface area contributed by atoms with Crippen LogP contribution in [0.2, 0.25) is 0 Å². The standard InChI is InChI=1S/2C15H13.2C13H10.2C6H7.2ClH.2Zr/c2*1-10-3-5-14-12(7-10)9-13-8-11(2)4-6-15(13)14;2*1-3-7-12(8-4-1)11-13-9-5-2-6-10-13;2*1-6-4-2-3-5-6;;;;/h2*3-9H,1-2H3;2*1-10H;2*2,4H,3H2,1H3;2*1H;;/q2*-1;;;2*-1;;;2*+2/p-2. The van der Waals surface area contributed by atoms with Gasteiger partial charge in [0.25, 0.3) is 0 Å². The molecular weight excluding hydrogens is 1070 g/mol. The summed E-state index contributed by atoms with van der Waals surface area (Å²) >= 11 is 2.92. The molecule has 356 valence electrons. The molecule has 0 nitrogen and oxygen atoms in total. The monoisotopic (exact) mass is 1130 g/mol. The van der Waals surface area contributed by atoms with Gasteiger partial charge in [-0.25, -0.2) is 23.3 Å². The summed E-state index contributed by atoms with van der Waals surface area (Å²) in [7, 11) is 0. The zero-order chi connectivity index (χ0) is 49.2. The number of halogens is 2. The van der Waals surface area contributed by atoms with Crippen LogP contribution in [0.3, 0.4) is 0 Å².